The molecule has 0 radical (unpaired) electrons. The van der Waals surface area contributed by atoms with Gasteiger partial charge in [0.05, 0.1) is 7.11 Å². The molecule has 2 heterocycles. The van der Waals surface area contributed by atoms with Crippen LogP contribution in [-0.4, -0.2) is 58.8 Å². The number of hydrogen-bond acceptors (Lipinski definition) is 5. The van der Waals surface area contributed by atoms with Crippen molar-refractivity contribution in [2.75, 3.05) is 33.3 Å². The second kappa shape index (κ2) is 10.0. The van der Waals surface area contributed by atoms with E-state index in [4.69, 9.17) is 21.1 Å². The number of nitrogens with zero attached hydrogens (tertiary/aromatic N) is 4. The van der Waals surface area contributed by atoms with Crippen LogP contribution in [0.4, 0.5) is 4.39 Å². The van der Waals surface area contributed by atoms with Gasteiger partial charge in [0.25, 0.3) is 5.91 Å². The van der Waals surface area contributed by atoms with Crippen molar-refractivity contribution >= 4 is 17.5 Å². The maximum atomic E-state index is 13.2. The number of rotatable bonds is 7. The van der Waals surface area contributed by atoms with Crippen molar-refractivity contribution in [1.29, 1.82) is 0 Å². The first-order valence-electron chi connectivity index (χ1n) is 10.3. The second-order valence-corrected chi connectivity index (χ2v) is 7.90. The van der Waals surface area contributed by atoms with Crippen LogP contribution in [0.3, 0.4) is 0 Å². The van der Waals surface area contributed by atoms with Crippen molar-refractivity contribution in [3.63, 3.8) is 0 Å². The lowest BCUT2D eigenvalue weighted by Gasteiger charge is -2.34. The maximum Gasteiger partial charge on any atom is 0.274 e. The van der Waals surface area contributed by atoms with Gasteiger partial charge < -0.3 is 14.4 Å². The van der Waals surface area contributed by atoms with Crippen molar-refractivity contribution in [1.82, 2.24) is 19.6 Å². The number of halogens is 2. The van der Waals surface area contributed by atoms with Crippen LogP contribution in [0.15, 0.2) is 54.7 Å². The van der Waals surface area contributed by atoms with Crippen molar-refractivity contribution in [2.24, 2.45) is 0 Å². The van der Waals surface area contributed by atoms with E-state index in [9.17, 15) is 9.18 Å². The van der Waals surface area contributed by atoms with E-state index in [1.54, 1.807) is 35.0 Å². The largest absolute Gasteiger partial charge is 0.497 e. The Morgan fingerprint density at radius 3 is 2.47 bits per heavy atom. The molecule has 0 aliphatic carbocycles. The molecule has 0 bridgehead atoms. The molecule has 3 aromatic rings. The molecular weight excluding hydrogens is 435 g/mol. The molecule has 0 N–H and O–H groups in total. The summed E-state index contributed by atoms with van der Waals surface area (Å²) in [5.41, 5.74) is 1.27. The highest BCUT2D eigenvalue weighted by molar-refractivity contribution is 6.31. The molecule has 1 aliphatic rings. The zero-order chi connectivity index (χ0) is 22.5. The molecule has 7 nitrogen and oxygen atoms in total. The van der Waals surface area contributed by atoms with Crippen molar-refractivity contribution in [2.45, 2.75) is 13.3 Å². The molecule has 0 unspecified atom stereocenters. The number of methoxy groups -OCH3 is 1. The zero-order valence-corrected chi connectivity index (χ0v) is 18.5. The number of hydrogen-bond donors (Lipinski definition) is 0. The SMILES string of the molecule is COc1ccc(OCn2ccc(C(=O)N3CCN(Cc4ccc(F)cc4Cl)CC3)n2)cc1. The van der Waals surface area contributed by atoms with E-state index in [2.05, 4.69) is 10.00 Å². The first kappa shape index (κ1) is 22.1. The fraction of sp³-hybridized carbons (Fsp3) is 0.304. The van der Waals surface area contributed by atoms with Gasteiger partial charge in [-0.25, -0.2) is 9.07 Å². The molecule has 0 atom stereocenters. The minimum absolute atomic E-state index is 0.104. The summed E-state index contributed by atoms with van der Waals surface area (Å²) in [6, 6.07) is 13.4. The van der Waals surface area contributed by atoms with Gasteiger partial charge in [-0.05, 0) is 48.0 Å². The summed E-state index contributed by atoms with van der Waals surface area (Å²) in [4.78, 5) is 16.8. The van der Waals surface area contributed by atoms with E-state index in [0.29, 0.717) is 49.2 Å². The molecule has 1 fully saturated rings. The topological polar surface area (TPSA) is 59.8 Å². The maximum absolute atomic E-state index is 13.2. The van der Waals surface area contributed by atoms with Gasteiger partial charge in [-0.3, -0.25) is 9.69 Å². The first-order valence-corrected chi connectivity index (χ1v) is 10.7. The fourth-order valence-electron chi connectivity index (χ4n) is 3.52. The van der Waals surface area contributed by atoms with Gasteiger partial charge in [0.2, 0.25) is 0 Å². The number of amides is 1. The second-order valence-electron chi connectivity index (χ2n) is 7.49. The number of carbonyl (C=O) groups excluding carboxylic acids is 1. The van der Waals surface area contributed by atoms with Gasteiger partial charge in [-0.15, -0.1) is 0 Å². The Hall–Kier alpha value is -3.10. The van der Waals surface area contributed by atoms with E-state index < -0.39 is 0 Å². The van der Waals surface area contributed by atoms with Crippen LogP contribution in [0.1, 0.15) is 16.1 Å². The predicted molar refractivity (Wildman–Crippen MR) is 118 cm³/mol. The van der Waals surface area contributed by atoms with Gasteiger partial charge in [0, 0.05) is 43.9 Å². The summed E-state index contributed by atoms with van der Waals surface area (Å²) in [6.07, 6.45) is 1.73. The van der Waals surface area contributed by atoms with E-state index in [1.165, 1.54) is 12.1 Å². The van der Waals surface area contributed by atoms with Gasteiger partial charge in [0.15, 0.2) is 12.4 Å². The van der Waals surface area contributed by atoms with Crippen molar-refractivity contribution < 1.29 is 18.7 Å². The first-order chi connectivity index (χ1) is 15.5. The van der Waals surface area contributed by atoms with Gasteiger partial charge in [-0.1, -0.05) is 17.7 Å². The Morgan fingerprint density at radius 1 is 1.06 bits per heavy atom. The Bertz CT molecular complexity index is 1070. The highest BCUT2D eigenvalue weighted by atomic mass is 35.5. The van der Waals surface area contributed by atoms with Crippen molar-refractivity contribution in [3.05, 3.63) is 76.8 Å². The summed E-state index contributed by atoms with van der Waals surface area (Å²) in [5, 5.41) is 4.77. The van der Waals surface area contributed by atoms with Crippen LogP contribution in [0.2, 0.25) is 5.02 Å². The minimum atomic E-state index is -0.344. The number of aromatic nitrogens is 2. The Balaban J connectivity index is 1.27. The molecule has 0 spiro atoms. The third-order valence-corrected chi connectivity index (χ3v) is 5.70. The lowest BCUT2D eigenvalue weighted by Crippen LogP contribution is -2.48. The van der Waals surface area contributed by atoms with Crippen LogP contribution < -0.4 is 9.47 Å². The lowest BCUT2D eigenvalue weighted by molar-refractivity contribution is 0.0620. The van der Waals surface area contributed by atoms with Gasteiger partial charge in [-0.2, -0.15) is 5.10 Å². The fourth-order valence-corrected chi connectivity index (χ4v) is 3.75. The van der Waals surface area contributed by atoms with Crippen LogP contribution >= 0.6 is 11.6 Å². The van der Waals surface area contributed by atoms with Crippen LogP contribution in [0.5, 0.6) is 11.5 Å². The highest BCUT2D eigenvalue weighted by Crippen LogP contribution is 2.20. The lowest BCUT2D eigenvalue weighted by atomic mass is 10.2. The Morgan fingerprint density at radius 2 is 1.78 bits per heavy atom. The molecule has 1 aliphatic heterocycles. The number of ether oxygens (including phenoxy) is 2. The molecule has 2 aromatic carbocycles. The minimum Gasteiger partial charge on any atom is -0.497 e. The van der Waals surface area contributed by atoms with E-state index in [-0.39, 0.29) is 18.5 Å². The Labute approximate surface area is 190 Å². The van der Waals surface area contributed by atoms with E-state index in [0.717, 1.165) is 11.3 Å². The standard InChI is InChI=1S/C23H24ClFN4O3/c1-31-19-4-6-20(7-5-19)32-16-29-9-8-22(26-29)23(30)28-12-10-27(11-13-28)15-17-2-3-18(25)14-21(17)24/h2-9,14H,10-13,15-16H2,1H3. The van der Waals surface area contributed by atoms with Crippen LogP contribution in [0.25, 0.3) is 0 Å². The number of benzene rings is 2. The summed E-state index contributed by atoms with van der Waals surface area (Å²) < 4.78 is 25.6. The molecule has 0 saturated carbocycles. The smallest absolute Gasteiger partial charge is 0.274 e. The molecule has 168 valence electrons. The molecule has 4 rings (SSSR count). The average molecular weight is 459 g/mol. The van der Waals surface area contributed by atoms with E-state index in [1.807, 2.05) is 24.3 Å². The third kappa shape index (κ3) is 5.38. The summed E-state index contributed by atoms with van der Waals surface area (Å²) in [7, 11) is 1.61. The summed E-state index contributed by atoms with van der Waals surface area (Å²) in [5.74, 6) is 0.993. The molecule has 1 saturated heterocycles. The third-order valence-electron chi connectivity index (χ3n) is 5.35. The molecule has 32 heavy (non-hydrogen) atoms. The molecular formula is C23H24ClFN4O3. The number of carbonyl (C=O) groups is 1. The normalized spacial score (nSPS) is 14.4. The monoisotopic (exact) mass is 458 g/mol. The Kier molecular flexibility index (Phi) is 6.92. The van der Waals surface area contributed by atoms with E-state index >= 15 is 0 Å². The van der Waals surface area contributed by atoms with Crippen molar-refractivity contribution in [3.8, 4) is 11.5 Å². The molecule has 9 heteroatoms. The van der Waals surface area contributed by atoms with Crippen LogP contribution in [-0.2, 0) is 13.3 Å². The van der Waals surface area contributed by atoms with Crippen LogP contribution in [0, 0.1) is 5.82 Å². The number of piperazine rings is 1. The molecule has 1 aromatic heterocycles. The predicted octanol–water partition coefficient (Wildman–Crippen LogP) is 3.68. The highest BCUT2D eigenvalue weighted by Gasteiger charge is 2.24. The van der Waals surface area contributed by atoms with Gasteiger partial charge >= 0.3 is 0 Å². The summed E-state index contributed by atoms with van der Waals surface area (Å²) >= 11 is 6.13. The summed E-state index contributed by atoms with van der Waals surface area (Å²) in [6.45, 7) is 3.42. The zero-order valence-electron chi connectivity index (χ0n) is 17.7. The quantitative estimate of drug-likeness (QED) is 0.540. The molecule has 1 amide bonds. The van der Waals surface area contributed by atoms with Gasteiger partial charge in [0.1, 0.15) is 17.3 Å². The average Bonchev–Trinajstić information content (AvgIpc) is 3.29.